The molecule has 0 aromatic carbocycles. The number of piperidine rings is 1. The zero-order chi connectivity index (χ0) is 9.54. The van der Waals surface area contributed by atoms with Crippen molar-refractivity contribution in [3.05, 3.63) is 0 Å². The van der Waals surface area contributed by atoms with Gasteiger partial charge in [-0.2, -0.15) is 0 Å². The fourth-order valence-electron chi connectivity index (χ4n) is 2.82. The molecule has 3 aliphatic rings. The van der Waals surface area contributed by atoms with Crippen LogP contribution in [0, 0.1) is 11.8 Å². The van der Waals surface area contributed by atoms with Gasteiger partial charge in [0.05, 0.1) is 0 Å². The highest BCUT2D eigenvalue weighted by atomic mass is 16.2. The summed E-state index contributed by atoms with van der Waals surface area (Å²) in [7, 11) is 0. The molecule has 3 nitrogen and oxygen atoms in total. The Labute approximate surface area is 84.8 Å². The summed E-state index contributed by atoms with van der Waals surface area (Å²) in [5, 5.41) is 3.51. The van der Waals surface area contributed by atoms with E-state index in [0.717, 1.165) is 38.4 Å². The molecule has 0 bridgehead atoms. The summed E-state index contributed by atoms with van der Waals surface area (Å²) >= 11 is 0. The Morgan fingerprint density at radius 2 is 2.07 bits per heavy atom. The summed E-state index contributed by atoms with van der Waals surface area (Å²) in [6.07, 6.45) is 4.81. The number of nitrogens with zero attached hydrogens (tertiary/aromatic N) is 1. The van der Waals surface area contributed by atoms with E-state index >= 15 is 0 Å². The van der Waals surface area contributed by atoms with Gasteiger partial charge in [0, 0.05) is 25.0 Å². The molecule has 3 heteroatoms. The number of fused-ring (bicyclic) bond motifs is 1. The summed E-state index contributed by atoms with van der Waals surface area (Å²) in [5.74, 6) is 1.67. The summed E-state index contributed by atoms with van der Waals surface area (Å²) in [6, 6.07) is 0.603. The van der Waals surface area contributed by atoms with Gasteiger partial charge in [-0.1, -0.05) is 0 Å². The second-order valence-corrected chi connectivity index (χ2v) is 4.96. The molecule has 14 heavy (non-hydrogen) atoms. The molecule has 1 N–H and O–H groups in total. The van der Waals surface area contributed by atoms with Crippen LogP contribution in [0.1, 0.15) is 25.7 Å². The molecular formula is C11H18N2O. The Balaban J connectivity index is 1.63. The standard InChI is InChI=1S/C11H18N2O/c14-11(9-1-2-9)13-6-4-8-3-5-12-10(8)7-13/h8-10,12H,1-7H2/t8-,10+/m1/s1. The molecule has 0 aromatic heterocycles. The molecule has 0 aromatic rings. The van der Waals surface area contributed by atoms with Crippen molar-refractivity contribution in [3.63, 3.8) is 0 Å². The van der Waals surface area contributed by atoms with Gasteiger partial charge in [0.25, 0.3) is 0 Å². The van der Waals surface area contributed by atoms with E-state index in [1.807, 2.05) is 0 Å². The Kier molecular flexibility index (Phi) is 2.01. The van der Waals surface area contributed by atoms with Crippen LogP contribution in [0.25, 0.3) is 0 Å². The van der Waals surface area contributed by atoms with E-state index in [1.165, 1.54) is 12.8 Å². The zero-order valence-electron chi connectivity index (χ0n) is 8.54. The molecule has 1 aliphatic carbocycles. The van der Waals surface area contributed by atoms with Gasteiger partial charge in [-0.3, -0.25) is 4.79 Å². The molecular weight excluding hydrogens is 176 g/mol. The molecule has 2 atom stereocenters. The first-order valence-corrected chi connectivity index (χ1v) is 5.87. The zero-order valence-corrected chi connectivity index (χ0v) is 8.54. The fraction of sp³-hybridized carbons (Fsp3) is 0.909. The van der Waals surface area contributed by atoms with E-state index in [1.54, 1.807) is 0 Å². The third-order valence-corrected chi connectivity index (χ3v) is 3.92. The normalized spacial score (nSPS) is 37.0. The van der Waals surface area contributed by atoms with Gasteiger partial charge >= 0.3 is 0 Å². The summed E-state index contributed by atoms with van der Waals surface area (Å²) < 4.78 is 0. The highest BCUT2D eigenvalue weighted by Gasteiger charge is 2.39. The predicted octanol–water partition coefficient (Wildman–Crippen LogP) is 0.607. The van der Waals surface area contributed by atoms with Crippen LogP contribution in [0.3, 0.4) is 0 Å². The van der Waals surface area contributed by atoms with Crippen LogP contribution >= 0.6 is 0 Å². The molecule has 1 saturated carbocycles. The molecule has 3 rings (SSSR count). The maximum absolute atomic E-state index is 11.8. The van der Waals surface area contributed by atoms with Crippen molar-refractivity contribution in [2.45, 2.75) is 31.7 Å². The number of rotatable bonds is 1. The molecule has 0 spiro atoms. The number of hydrogen-bond acceptors (Lipinski definition) is 2. The van der Waals surface area contributed by atoms with E-state index in [0.29, 0.717) is 17.9 Å². The number of carbonyl (C=O) groups excluding carboxylic acids is 1. The highest BCUT2D eigenvalue weighted by Crippen LogP contribution is 2.33. The number of likely N-dealkylation sites (tertiary alicyclic amines) is 1. The molecule has 0 radical (unpaired) electrons. The molecule has 1 amide bonds. The maximum Gasteiger partial charge on any atom is 0.225 e. The van der Waals surface area contributed by atoms with Crippen LogP contribution in [0.15, 0.2) is 0 Å². The van der Waals surface area contributed by atoms with Crippen molar-refractivity contribution >= 4 is 5.91 Å². The van der Waals surface area contributed by atoms with E-state index in [2.05, 4.69) is 10.2 Å². The number of hydrogen-bond donors (Lipinski definition) is 1. The van der Waals surface area contributed by atoms with Gasteiger partial charge in [0.2, 0.25) is 5.91 Å². The third-order valence-electron chi connectivity index (χ3n) is 3.92. The quantitative estimate of drug-likeness (QED) is 0.663. The fourth-order valence-corrected chi connectivity index (χ4v) is 2.82. The minimum atomic E-state index is 0.396. The minimum Gasteiger partial charge on any atom is -0.341 e. The summed E-state index contributed by atoms with van der Waals surface area (Å²) in [5.41, 5.74) is 0. The van der Waals surface area contributed by atoms with Gasteiger partial charge < -0.3 is 10.2 Å². The van der Waals surface area contributed by atoms with Crippen molar-refractivity contribution in [2.75, 3.05) is 19.6 Å². The Morgan fingerprint density at radius 1 is 1.21 bits per heavy atom. The smallest absolute Gasteiger partial charge is 0.225 e. The largest absolute Gasteiger partial charge is 0.341 e. The molecule has 3 fully saturated rings. The maximum atomic E-state index is 11.8. The van der Waals surface area contributed by atoms with Crippen molar-refractivity contribution in [1.29, 1.82) is 0 Å². The number of carbonyl (C=O) groups is 1. The van der Waals surface area contributed by atoms with E-state index in [9.17, 15) is 4.79 Å². The average molecular weight is 194 g/mol. The SMILES string of the molecule is O=C(C1CC1)N1CC[C@H]2CCN[C@H]2C1. The number of amides is 1. The first-order chi connectivity index (χ1) is 6.84. The lowest BCUT2D eigenvalue weighted by Gasteiger charge is -2.35. The Hall–Kier alpha value is -0.570. The van der Waals surface area contributed by atoms with E-state index < -0.39 is 0 Å². The second kappa shape index (κ2) is 3.23. The minimum absolute atomic E-state index is 0.396. The lowest BCUT2D eigenvalue weighted by Crippen LogP contribution is -2.49. The third kappa shape index (κ3) is 1.44. The molecule has 2 saturated heterocycles. The van der Waals surface area contributed by atoms with Gasteiger partial charge in [0.1, 0.15) is 0 Å². The molecule has 78 valence electrons. The molecule has 2 heterocycles. The summed E-state index contributed by atoms with van der Waals surface area (Å²) in [4.78, 5) is 13.9. The Bertz CT molecular complexity index is 250. The first kappa shape index (κ1) is 8.72. The summed E-state index contributed by atoms with van der Waals surface area (Å²) in [6.45, 7) is 3.14. The highest BCUT2D eigenvalue weighted by molar-refractivity contribution is 5.81. The lowest BCUT2D eigenvalue weighted by atomic mass is 9.92. The van der Waals surface area contributed by atoms with Crippen molar-refractivity contribution in [3.8, 4) is 0 Å². The second-order valence-electron chi connectivity index (χ2n) is 4.96. The van der Waals surface area contributed by atoms with Gasteiger partial charge in [-0.15, -0.1) is 0 Å². The van der Waals surface area contributed by atoms with Crippen LogP contribution in [-0.4, -0.2) is 36.5 Å². The van der Waals surface area contributed by atoms with Crippen LogP contribution in [0.4, 0.5) is 0 Å². The number of nitrogens with one attached hydrogen (secondary N) is 1. The van der Waals surface area contributed by atoms with Crippen molar-refractivity contribution < 1.29 is 4.79 Å². The van der Waals surface area contributed by atoms with Crippen LogP contribution in [-0.2, 0) is 4.79 Å². The van der Waals surface area contributed by atoms with Crippen molar-refractivity contribution in [1.82, 2.24) is 10.2 Å². The van der Waals surface area contributed by atoms with Gasteiger partial charge in [-0.25, -0.2) is 0 Å². The van der Waals surface area contributed by atoms with E-state index in [4.69, 9.17) is 0 Å². The topological polar surface area (TPSA) is 32.3 Å². The van der Waals surface area contributed by atoms with Crippen LogP contribution in [0.5, 0.6) is 0 Å². The Morgan fingerprint density at radius 3 is 2.86 bits per heavy atom. The average Bonchev–Trinajstić information content (AvgIpc) is 2.95. The first-order valence-electron chi connectivity index (χ1n) is 5.87. The van der Waals surface area contributed by atoms with Gasteiger partial charge in [-0.05, 0) is 38.1 Å². The van der Waals surface area contributed by atoms with Gasteiger partial charge in [0.15, 0.2) is 0 Å². The monoisotopic (exact) mass is 194 g/mol. The van der Waals surface area contributed by atoms with Crippen LogP contribution in [0.2, 0.25) is 0 Å². The van der Waals surface area contributed by atoms with Crippen LogP contribution < -0.4 is 5.32 Å². The van der Waals surface area contributed by atoms with Crippen molar-refractivity contribution in [2.24, 2.45) is 11.8 Å². The molecule has 0 unspecified atom stereocenters. The molecule has 2 aliphatic heterocycles. The predicted molar refractivity (Wildman–Crippen MR) is 53.8 cm³/mol. The van der Waals surface area contributed by atoms with E-state index in [-0.39, 0.29) is 0 Å². The lowest BCUT2D eigenvalue weighted by molar-refractivity contribution is -0.134.